The second kappa shape index (κ2) is 3.86. The summed E-state index contributed by atoms with van der Waals surface area (Å²) in [6.07, 6.45) is 2.36. The molecular weight excluding hydrogens is 194 g/mol. The molecule has 0 amide bonds. The molecule has 0 aliphatic rings. The van der Waals surface area contributed by atoms with Gasteiger partial charge in [-0.3, -0.25) is 0 Å². The van der Waals surface area contributed by atoms with Crippen LogP contribution in [0.3, 0.4) is 0 Å². The van der Waals surface area contributed by atoms with Crippen LogP contribution in [0.25, 0.3) is 11.6 Å². The van der Waals surface area contributed by atoms with Crippen LogP contribution >= 0.6 is 0 Å². The van der Waals surface area contributed by atoms with E-state index in [9.17, 15) is 0 Å². The van der Waals surface area contributed by atoms with Crippen LogP contribution in [0.15, 0.2) is 21.3 Å². The van der Waals surface area contributed by atoms with Crippen LogP contribution in [0.2, 0.25) is 0 Å². The van der Waals surface area contributed by atoms with Crippen molar-refractivity contribution in [2.24, 2.45) is 5.73 Å². The average Bonchev–Trinajstić information content (AvgIpc) is 2.84. The molecule has 0 fully saturated rings. The Morgan fingerprint density at radius 2 is 2.33 bits per heavy atom. The molecule has 0 unspecified atom stereocenters. The van der Waals surface area contributed by atoms with Crippen LogP contribution in [-0.2, 0) is 0 Å². The van der Waals surface area contributed by atoms with Gasteiger partial charge in [-0.15, -0.1) is 0 Å². The molecule has 1 atom stereocenters. The summed E-state index contributed by atoms with van der Waals surface area (Å²) in [6.45, 7) is 3.89. The zero-order chi connectivity index (χ0) is 10.8. The van der Waals surface area contributed by atoms with E-state index in [0.29, 0.717) is 17.5 Å². The molecular formula is C10H13N3O2. The molecule has 0 spiro atoms. The van der Waals surface area contributed by atoms with E-state index in [1.165, 1.54) is 0 Å². The largest absolute Gasteiger partial charge is 0.461 e. The SMILES string of the molecule is CC[C@H](N)c1nc(-c2occc2C)no1. The predicted octanol–water partition coefficient (Wildman–Crippen LogP) is 2.05. The lowest BCUT2D eigenvalue weighted by atomic mass is 10.2. The van der Waals surface area contributed by atoms with Crippen molar-refractivity contribution in [2.75, 3.05) is 0 Å². The summed E-state index contributed by atoms with van der Waals surface area (Å²) >= 11 is 0. The van der Waals surface area contributed by atoms with Gasteiger partial charge in [-0.05, 0) is 25.0 Å². The lowest BCUT2D eigenvalue weighted by Gasteiger charge is -1.98. The first-order valence-electron chi connectivity index (χ1n) is 4.86. The molecule has 2 aromatic heterocycles. The first-order valence-corrected chi connectivity index (χ1v) is 4.86. The predicted molar refractivity (Wildman–Crippen MR) is 54.0 cm³/mol. The Kier molecular flexibility index (Phi) is 2.55. The van der Waals surface area contributed by atoms with Crippen LogP contribution < -0.4 is 5.73 Å². The Bertz CT molecular complexity index is 447. The summed E-state index contributed by atoms with van der Waals surface area (Å²) in [5, 5.41) is 3.83. The van der Waals surface area contributed by atoms with Crippen molar-refractivity contribution in [2.45, 2.75) is 26.3 Å². The lowest BCUT2D eigenvalue weighted by molar-refractivity contribution is 0.351. The Hall–Kier alpha value is -1.62. The van der Waals surface area contributed by atoms with Crippen LogP contribution in [0.4, 0.5) is 0 Å². The van der Waals surface area contributed by atoms with Crippen LogP contribution in [-0.4, -0.2) is 10.1 Å². The number of hydrogen-bond donors (Lipinski definition) is 1. The van der Waals surface area contributed by atoms with Crippen molar-refractivity contribution in [3.63, 3.8) is 0 Å². The van der Waals surface area contributed by atoms with Crippen molar-refractivity contribution < 1.29 is 8.94 Å². The van der Waals surface area contributed by atoms with Crippen molar-refractivity contribution in [3.05, 3.63) is 23.8 Å². The normalized spacial score (nSPS) is 13.0. The highest BCUT2D eigenvalue weighted by Crippen LogP contribution is 2.22. The van der Waals surface area contributed by atoms with Crippen molar-refractivity contribution in [1.29, 1.82) is 0 Å². The van der Waals surface area contributed by atoms with Crippen molar-refractivity contribution in [1.82, 2.24) is 10.1 Å². The molecule has 0 radical (unpaired) electrons. The van der Waals surface area contributed by atoms with E-state index in [0.717, 1.165) is 12.0 Å². The van der Waals surface area contributed by atoms with Gasteiger partial charge in [0.15, 0.2) is 5.76 Å². The summed E-state index contributed by atoms with van der Waals surface area (Å²) in [6, 6.07) is 1.65. The van der Waals surface area contributed by atoms with Crippen LogP contribution in [0.5, 0.6) is 0 Å². The van der Waals surface area contributed by atoms with E-state index in [4.69, 9.17) is 14.7 Å². The van der Waals surface area contributed by atoms with Gasteiger partial charge in [-0.25, -0.2) is 0 Å². The first kappa shape index (κ1) is 9.92. The fourth-order valence-corrected chi connectivity index (χ4v) is 1.25. The molecule has 0 saturated heterocycles. The highest BCUT2D eigenvalue weighted by Gasteiger charge is 2.16. The maximum atomic E-state index is 5.77. The number of nitrogens with two attached hydrogens (primary N) is 1. The standard InChI is InChI=1S/C10H13N3O2/c1-3-7(11)10-12-9(13-15-10)8-6(2)4-5-14-8/h4-5,7H,3,11H2,1-2H3/t7-/m0/s1. The van der Waals surface area contributed by atoms with Crippen molar-refractivity contribution in [3.8, 4) is 11.6 Å². The number of aryl methyl sites for hydroxylation is 1. The Balaban J connectivity index is 2.32. The third kappa shape index (κ3) is 1.78. The second-order valence-electron chi connectivity index (χ2n) is 3.40. The van der Waals surface area contributed by atoms with Gasteiger partial charge in [0.1, 0.15) is 0 Å². The number of hydrogen-bond acceptors (Lipinski definition) is 5. The number of nitrogens with zero attached hydrogens (tertiary/aromatic N) is 2. The molecule has 0 aliphatic carbocycles. The Morgan fingerprint density at radius 1 is 1.53 bits per heavy atom. The highest BCUT2D eigenvalue weighted by atomic mass is 16.5. The average molecular weight is 207 g/mol. The number of rotatable bonds is 3. The molecule has 0 aliphatic heterocycles. The zero-order valence-electron chi connectivity index (χ0n) is 8.73. The van der Waals surface area contributed by atoms with E-state index in [1.54, 1.807) is 6.26 Å². The summed E-state index contributed by atoms with van der Waals surface area (Å²) < 4.78 is 10.3. The molecule has 80 valence electrons. The molecule has 15 heavy (non-hydrogen) atoms. The van der Waals surface area contributed by atoms with Gasteiger partial charge in [0.2, 0.25) is 11.7 Å². The Morgan fingerprint density at radius 3 is 2.93 bits per heavy atom. The molecule has 5 nitrogen and oxygen atoms in total. The molecule has 0 aromatic carbocycles. The minimum Gasteiger partial charge on any atom is -0.461 e. The molecule has 2 N–H and O–H groups in total. The molecule has 5 heteroatoms. The van der Waals surface area contributed by atoms with Gasteiger partial charge in [-0.1, -0.05) is 12.1 Å². The van der Waals surface area contributed by atoms with Gasteiger partial charge in [-0.2, -0.15) is 4.98 Å². The van der Waals surface area contributed by atoms with E-state index < -0.39 is 0 Å². The summed E-state index contributed by atoms with van der Waals surface area (Å²) in [4.78, 5) is 4.19. The fourth-order valence-electron chi connectivity index (χ4n) is 1.25. The van der Waals surface area contributed by atoms with E-state index in [1.807, 2.05) is 19.9 Å². The monoisotopic (exact) mass is 207 g/mol. The minimum absolute atomic E-state index is 0.207. The molecule has 2 heterocycles. The van der Waals surface area contributed by atoms with E-state index in [-0.39, 0.29) is 6.04 Å². The van der Waals surface area contributed by atoms with Crippen molar-refractivity contribution >= 4 is 0 Å². The first-order chi connectivity index (χ1) is 7.22. The summed E-state index contributed by atoms with van der Waals surface area (Å²) in [7, 11) is 0. The van der Waals surface area contributed by atoms with Gasteiger partial charge in [0, 0.05) is 0 Å². The van der Waals surface area contributed by atoms with E-state index in [2.05, 4.69) is 10.1 Å². The maximum absolute atomic E-state index is 5.77. The topological polar surface area (TPSA) is 78.1 Å². The maximum Gasteiger partial charge on any atom is 0.243 e. The Labute approximate surface area is 87.3 Å². The quantitative estimate of drug-likeness (QED) is 0.833. The van der Waals surface area contributed by atoms with Crippen LogP contribution in [0, 0.1) is 6.92 Å². The smallest absolute Gasteiger partial charge is 0.243 e. The molecule has 2 aromatic rings. The van der Waals surface area contributed by atoms with E-state index >= 15 is 0 Å². The van der Waals surface area contributed by atoms with Crippen LogP contribution in [0.1, 0.15) is 30.8 Å². The summed E-state index contributed by atoms with van der Waals surface area (Å²) in [5.74, 6) is 1.54. The lowest BCUT2D eigenvalue weighted by Crippen LogP contribution is -2.08. The van der Waals surface area contributed by atoms with Gasteiger partial charge in [0.25, 0.3) is 0 Å². The number of furan rings is 1. The summed E-state index contributed by atoms with van der Waals surface area (Å²) in [5.41, 5.74) is 6.75. The second-order valence-corrected chi connectivity index (χ2v) is 3.40. The third-order valence-electron chi connectivity index (χ3n) is 2.26. The third-order valence-corrected chi connectivity index (χ3v) is 2.26. The van der Waals surface area contributed by atoms with Gasteiger partial charge in [0.05, 0.1) is 12.3 Å². The minimum atomic E-state index is -0.207. The van der Waals surface area contributed by atoms with Gasteiger partial charge < -0.3 is 14.7 Å². The fraction of sp³-hybridized carbons (Fsp3) is 0.400. The molecule has 0 bridgehead atoms. The number of aromatic nitrogens is 2. The zero-order valence-corrected chi connectivity index (χ0v) is 8.73. The van der Waals surface area contributed by atoms with Gasteiger partial charge >= 0.3 is 0 Å². The molecule has 0 saturated carbocycles. The highest BCUT2D eigenvalue weighted by molar-refractivity contribution is 5.50. The molecule has 2 rings (SSSR count).